The molecule has 3 saturated carbocycles. The molecule has 4 aliphatic rings. The van der Waals surface area contributed by atoms with Gasteiger partial charge >= 0.3 is 18.2 Å². The molecular formula is C29H43F4N3O5. The number of fused-ring (bicyclic) bond motifs is 5. The summed E-state index contributed by atoms with van der Waals surface area (Å²) in [5.74, 6) is -0.0644. The summed E-state index contributed by atoms with van der Waals surface area (Å²) in [4.78, 5) is 40.1. The van der Waals surface area contributed by atoms with Crippen molar-refractivity contribution in [3.63, 3.8) is 0 Å². The molecule has 0 aromatic rings. The van der Waals surface area contributed by atoms with Crippen molar-refractivity contribution in [2.75, 3.05) is 33.4 Å². The van der Waals surface area contributed by atoms with Crippen molar-refractivity contribution in [3.05, 3.63) is 11.6 Å². The minimum atomic E-state index is -5.08. The number of hydrogen-bond acceptors (Lipinski definition) is 6. The number of aliphatic carboxylic acids is 1. The molecule has 0 unspecified atom stereocenters. The number of oxime groups is 1. The van der Waals surface area contributed by atoms with Gasteiger partial charge in [0.1, 0.15) is 6.67 Å². The summed E-state index contributed by atoms with van der Waals surface area (Å²) in [5.41, 5.74) is 2.72. The molecule has 4 rings (SSSR count). The highest BCUT2D eigenvalue weighted by Crippen LogP contribution is 2.66. The van der Waals surface area contributed by atoms with Gasteiger partial charge in [0.15, 0.2) is 5.78 Å². The lowest BCUT2D eigenvalue weighted by atomic mass is 9.46. The number of nitrogens with zero attached hydrogens (tertiary/aromatic N) is 2. The van der Waals surface area contributed by atoms with Crippen LogP contribution in [-0.4, -0.2) is 73.1 Å². The van der Waals surface area contributed by atoms with E-state index in [9.17, 15) is 27.2 Å². The van der Waals surface area contributed by atoms with Crippen molar-refractivity contribution in [2.24, 2.45) is 39.7 Å². The monoisotopic (exact) mass is 589 g/mol. The van der Waals surface area contributed by atoms with Gasteiger partial charge < -0.3 is 15.3 Å². The second-order valence-corrected chi connectivity index (χ2v) is 12.4. The Labute approximate surface area is 238 Å². The van der Waals surface area contributed by atoms with E-state index in [0.29, 0.717) is 49.0 Å². The number of hydrogen-bond donors (Lipinski definition) is 2. The smallest absolute Gasteiger partial charge is 0.475 e. The Morgan fingerprint density at radius 3 is 2.44 bits per heavy atom. The first kappa shape index (κ1) is 33.0. The van der Waals surface area contributed by atoms with Gasteiger partial charge in [0.05, 0.1) is 5.71 Å². The SMILES string of the molecule is C/C(=N\OC(=O)N(C)CCNCCF)[C@H]1CC[C@H]2[C@@H]3CCC4=CC(=O)CC[C@]4(C)[C@H]3CC[C@]12C.O=C(O)C(F)(F)F. The van der Waals surface area contributed by atoms with E-state index in [0.717, 1.165) is 25.0 Å². The molecule has 41 heavy (non-hydrogen) atoms. The van der Waals surface area contributed by atoms with Crippen LogP contribution in [0.3, 0.4) is 0 Å². The third kappa shape index (κ3) is 7.29. The van der Waals surface area contributed by atoms with Crippen molar-refractivity contribution in [3.8, 4) is 0 Å². The van der Waals surface area contributed by atoms with Gasteiger partial charge in [0, 0.05) is 39.0 Å². The predicted octanol–water partition coefficient (Wildman–Crippen LogP) is 5.77. The van der Waals surface area contributed by atoms with E-state index >= 15 is 0 Å². The maximum Gasteiger partial charge on any atom is 0.490 e. The Kier molecular flexibility index (Phi) is 10.6. The van der Waals surface area contributed by atoms with Gasteiger partial charge in [-0.2, -0.15) is 13.2 Å². The minimum absolute atomic E-state index is 0.186. The minimum Gasteiger partial charge on any atom is -0.475 e. The van der Waals surface area contributed by atoms with E-state index in [4.69, 9.17) is 14.7 Å². The van der Waals surface area contributed by atoms with Gasteiger partial charge in [-0.25, -0.2) is 14.0 Å². The molecule has 0 aromatic carbocycles. The fourth-order valence-corrected chi connectivity index (χ4v) is 8.02. The zero-order chi connectivity index (χ0) is 30.6. The molecule has 0 spiro atoms. The first-order valence-electron chi connectivity index (χ1n) is 14.4. The Morgan fingerprint density at radius 1 is 1.12 bits per heavy atom. The van der Waals surface area contributed by atoms with Gasteiger partial charge in [0.2, 0.25) is 0 Å². The summed E-state index contributed by atoms with van der Waals surface area (Å²) in [7, 11) is 1.67. The molecule has 0 aromatic heterocycles. The van der Waals surface area contributed by atoms with Crippen LogP contribution in [0.1, 0.15) is 72.1 Å². The van der Waals surface area contributed by atoms with Crippen LogP contribution in [0.2, 0.25) is 0 Å². The van der Waals surface area contributed by atoms with Crippen LogP contribution in [0.5, 0.6) is 0 Å². The molecule has 0 radical (unpaired) electrons. The lowest BCUT2D eigenvalue weighted by Crippen LogP contribution is -2.51. The molecule has 0 aliphatic heterocycles. The van der Waals surface area contributed by atoms with Crippen LogP contribution in [0.15, 0.2) is 16.8 Å². The number of rotatable bonds is 7. The van der Waals surface area contributed by atoms with Crippen LogP contribution in [0.25, 0.3) is 0 Å². The fourth-order valence-electron chi connectivity index (χ4n) is 8.02. The van der Waals surface area contributed by atoms with Crippen LogP contribution in [0.4, 0.5) is 22.4 Å². The maximum absolute atomic E-state index is 12.3. The molecule has 4 aliphatic carbocycles. The Morgan fingerprint density at radius 2 is 1.80 bits per heavy atom. The quantitative estimate of drug-likeness (QED) is 0.128. The van der Waals surface area contributed by atoms with Crippen molar-refractivity contribution in [2.45, 2.75) is 78.3 Å². The van der Waals surface area contributed by atoms with Gasteiger partial charge in [-0.05, 0) is 86.5 Å². The van der Waals surface area contributed by atoms with E-state index in [1.165, 1.54) is 36.2 Å². The Hall–Kier alpha value is -2.50. The summed E-state index contributed by atoms with van der Waals surface area (Å²) in [6.45, 7) is 7.71. The van der Waals surface area contributed by atoms with Crippen molar-refractivity contribution < 1.29 is 41.9 Å². The summed E-state index contributed by atoms with van der Waals surface area (Å²) < 4.78 is 43.9. The molecule has 0 bridgehead atoms. The van der Waals surface area contributed by atoms with Gasteiger partial charge in [0.25, 0.3) is 0 Å². The molecule has 6 atom stereocenters. The highest BCUT2D eigenvalue weighted by atomic mass is 19.4. The van der Waals surface area contributed by atoms with Crippen molar-refractivity contribution in [1.29, 1.82) is 0 Å². The molecule has 8 nitrogen and oxygen atoms in total. The molecule has 3 fully saturated rings. The van der Waals surface area contributed by atoms with Gasteiger partial charge in [-0.1, -0.05) is 24.6 Å². The third-order valence-corrected chi connectivity index (χ3v) is 10.2. The number of carboxylic acids is 1. The second-order valence-electron chi connectivity index (χ2n) is 12.4. The van der Waals surface area contributed by atoms with E-state index < -0.39 is 24.9 Å². The van der Waals surface area contributed by atoms with Crippen molar-refractivity contribution in [1.82, 2.24) is 10.2 Å². The Bertz CT molecular complexity index is 1050. The average molecular weight is 590 g/mol. The molecule has 0 saturated heterocycles. The number of carboxylic acid groups (broad SMARTS) is 1. The number of allylic oxidation sites excluding steroid dienone is 1. The predicted molar refractivity (Wildman–Crippen MR) is 145 cm³/mol. The van der Waals surface area contributed by atoms with Crippen LogP contribution >= 0.6 is 0 Å². The highest BCUT2D eigenvalue weighted by molar-refractivity contribution is 5.91. The molecule has 232 valence electrons. The number of likely N-dealkylation sites (N-methyl/N-ethyl adjacent to an activating group) is 1. The lowest BCUT2D eigenvalue weighted by molar-refractivity contribution is -0.192. The van der Waals surface area contributed by atoms with E-state index in [-0.39, 0.29) is 17.4 Å². The number of ketones is 1. The number of nitrogens with one attached hydrogen (secondary N) is 1. The molecule has 2 N–H and O–H groups in total. The Balaban J connectivity index is 0.000000587. The van der Waals surface area contributed by atoms with Crippen LogP contribution < -0.4 is 5.32 Å². The van der Waals surface area contributed by atoms with Gasteiger partial charge in [-0.15, -0.1) is 0 Å². The molecule has 0 heterocycles. The van der Waals surface area contributed by atoms with E-state index in [2.05, 4.69) is 24.3 Å². The second kappa shape index (κ2) is 13.2. The topological polar surface area (TPSA) is 108 Å². The first-order valence-corrected chi connectivity index (χ1v) is 14.4. The summed E-state index contributed by atoms with van der Waals surface area (Å²) in [5, 5.41) is 14.4. The van der Waals surface area contributed by atoms with Crippen LogP contribution in [0, 0.1) is 34.5 Å². The van der Waals surface area contributed by atoms with Crippen molar-refractivity contribution >= 4 is 23.6 Å². The third-order valence-electron chi connectivity index (χ3n) is 10.2. The number of halogens is 4. The summed E-state index contributed by atoms with van der Waals surface area (Å²) in [6.07, 6.45) is 5.07. The van der Waals surface area contributed by atoms with Crippen LogP contribution in [-0.2, 0) is 14.4 Å². The fraction of sp³-hybridized carbons (Fsp3) is 0.793. The largest absolute Gasteiger partial charge is 0.490 e. The summed E-state index contributed by atoms with van der Waals surface area (Å²) in [6, 6.07) is 0. The lowest BCUT2D eigenvalue weighted by Gasteiger charge is -2.58. The molecule has 1 amide bonds. The van der Waals surface area contributed by atoms with E-state index in [1.807, 2.05) is 13.0 Å². The van der Waals surface area contributed by atoms with E-state index in [1.54, 1.807) is 7.05 Å². The zero-order valence-electron chi connectivity index (χ0n) is 24.4. The summed E-state index contributed by atoms with van der Waals surface area (Å²) >= 11 is 0. The number of alkyl halides is 4. The average Bonchev–Trinajstić information content (AvgIpc) is 3.27. The molecule has 12 heteroatoms. The number of carbonyl (C=O) groups excluding carboxylic acids is 2. The van der Waals surface area contributed by atoms with Gasteiger partial charge in [-0.3, -0.25) is 9.63 Å². The first-order chi connectivity index (χ1) is 19.1. The molecular weight excluding hydrogens is 546 g/mol. The number of amides is 1. The normalized spacial score (nSPS) is 32.9. The number of carbonyl (C=O) groups is 3. The zero-order valence-corrected chi connectivity index (χ0v) is 24.4. The highest BCUT2D eigenvalue weighted by Gasteiger charge is 2.59. The maximum atomic E-state index is 12.3. The standard InChI is InChI=1S/C27H42FN3O3.C2HF3O2/c1-18(30-34-25(33)31(4)16-15-29-14-13-28)22-7-8-23-21-6-5-19-17-20(32)9-11-26(19,2)24(21)10-12-27(22,23)3;3-2(4,5)1(6)7/h17,21-24,29H,5-16H2,1-4H3;(H,6,7)/b30-18+;/t21-,22+,23-,24-,26-,27+;/m0./s1.